The number of hydrogen-bond acceptors (Lipinski definition) is 1. The van der Waals surface area contributed by atoms with E-state index in [1.165, 1.54) is 0 Å². The van der Waals surface area contributed by atoms with Gasteiger partial charge in [0.05, 0.1) is 5.41 Å². The fraction of sp³-hybridized carbons (Fsp3) is 0.818. The third-order valence-electron chi connectivity index (χ3n) is 3.24. The van der Waals surface area contributed by atoms with Gasteiger partial charge < -0.3 is 5.32 Å². The first kappa shape index (κ1) is 12.6. The quantitative estimate of drug-likeness (QED) is 0.706. The Kier molecular flexibility index (Phi) is 3.48. The molecule has 1 fully saturated rings. The lowest BCUT2D eigenvalue weighted by atomic mass is 9.70. The lowest BCUT2D eigenvalue weighted by Gasteiger charge is -2.42. The summed E-state index contributed by atoms with van der Waals surface area (Å²) in [6.45, 7) is 7.84. The minimum absolute atomic E-state index is 0.0203. The molecular weight excluding hydrogens is 203 g/mol. The van der Waals surface area contributed by atoms with Gasteiger partial charge in [-0.25, -0.2) is 0 Å². The van der Waals surface area contributed by atoms with E-state index < -0.39 is 11.6 Å². The van der Waals surface area contributed by atoms with Gasteiger partial charge in [-0.1, -0.05) is 26.0 Å². The number of halogens is 3. The fourth-order valence-corrected chi connectivity index (χ4v) is 2.16. The summed E-state index contributed by atoms with van der Waals surface area (Å²) in [6, 6.07) is 0. The van der Waals surface area contributed by atoms with E-state index in [4.69, 9.17) is 0 Å². The van der Waals surface area contributed by atoms with E-state index in [9.17, 15) is 13.2 Å². The van der Waals surface area contributed by atoms with Gasteiger partial charge in [0.15, 0.2) is 0 Å². The second kappa shape index (κ2) is 4.16. The van der Waals surface area contributed by atoms with Crippen molar-refractivity contribution in [2.45, 2.75) is 32.9 Å². The summed E-state index contributed by atoms with van der Waals surface area (Å²) >= 11 is 0. The van der Waals surface area contributed by atoms with Crippen molar-refractivity contribution in [3.05, 3.63) is 12.2 Å². The van der Waals surface area contributed by atoms with Crippen molar-refractivity contribution < 1.29 is 13.2 Å². The number of nitrogens with one attached hydrogen (secondary N) is 1. The van der Waals surface area contributed by atoms with Gasteiger partial charge in [-0.15, -0.1) is 0 Å². The normalized spacial score (nSPS) is 28.1. The summed E-state index contributed by atoms with van der Waals surface area (Å²) in [4.78, 5) is 0. The van der Waals surface area contributed by atoms with Crippen LogP contribution in [0, 0.1) is 11.3 Å². The second-order valence-electron chi connectivity index (χ2n) is 4.54. The Labute approximate surface area is 88.7 Å². The van der Waals surface area contributed by atoms with Crippen LogP contribution in [0.2, 0.25) is 0 Å². The van der Waals surface area contributed by atoms with Crippen molar-refractivity contribution in [3.63, 3.8) is 0 Å². The van der Waals surface area contributed by atoms with Crippen molar-refractivity contribution in [3.8, 4) is 0 Å². The van der Waals surface area contributed by atoms with Crippen molar-refractivity contribution in [1.29, 1.82) is 0 Å². The zero-order chi connectivity index (χ0) is 11.7. The Morgan fingerprint density at radius 1 is 1.40 bits per heavy atom. The van der Waals surface area contributed by atoms with Crippen LogP contribution in [0.4, 0.5) is 13.2 Å². The number of hydrogen-bond donors (Lipinski definition) is 1. The summed E-state index contributed by atoms with van der Waals surface area (Å²) in [7, 11) is 0. The van der Waals surface area contributed by atoms with Crippen LogP contribution in [0.5, 0.6) is 0 Å². The molecule has 0 bridgehead atoms. The highest BCUT2D eigenvalue weighted by Crippen LogP contribution is 2.49. The Morgan fingerprint density at radius 3 is 2.33 bits per heavy atom. The summed E-state index contributed by atoms with van der Waals surface area (Å²) in [6.07, 6.45) is -3.46. The molecule has 0 saturated carbocycles. The largest absolute Gasteiger partial charge is 0.399 e. The van der Waals surface area contributed by atoms with Crippen LogP contribution in [0.1, 0.15) is 26.7 Å². The lowest BCUT2D eigenvalue weighted by Crippen LogP contribution is -2.51. The summed E-state index contributed by atoms with van der Waals surface area (Å²) in [5, 5.41) is 2.84. The highest BCUT2D eigenvalue weighted by molar-refractivity contribution is 5.18. The smallest absolute Gasteiger partial charge is 0.316 e. The summed E-state index contributed by atoms with van der Waals surface area (Å²) in [5.74, 6) is -0.133. The van der Waals surface area contributed by atoms with E-state index in [1.54, 1.807) is 13.8 Å². The van der Waals surface area contributed by atoms with E-state index in [-0.39, 0.29) is 18.9 Å². The molecular formula is C11H18F3N. The Bertz CT molecular complexity index is 237. The van der Waals surface area contributed by atoms with Crippen LogP contribution >= 0.6 is 0 Å². The molecule has 4 heteroatoms. The minimum atomic E-state index is -4.19. The molecule has 15 heavy (non-hydrogen) atoms. The standard InChI is InChI=1S/C11H18F3N/c1-8(2)9(3)10(11(12,13)14)5-4-6-15-7-10/h8,15H,3-7H2,1-2H3. The molecule has 0 aliphatic carbocycles. The molecule has 88 valence electrons. The van der Waals surface area contributed by atoms with Crippen molar-refractivity contribution in [2.24, 2.45) is 11.3 Å². The van der Waals surface area contributed by atoms with E-state index in [0.717, 1.165) is 0 Å². The molecule has 1 nitrogen and oxygen atoms in total. The molecule has 1 heterocycles. The van der Waals surface area contributed by atoms with E-state index in [2.05, 4.69) is 11.9 Å². The average molecular weight is 221 g/mol. The predicted octanol–water partition coefficient (Wildman–Crippen LogP) is 3.13. The van der Waals surface area contributed by atoms with Gasteiger partial charge in [0.1, 0.15) is 0 Å². The molecule has 1 aliphatic rings. The van der Waals surface area contributed by atoms with Crippen molar-refractivity contribution >= 4 is 0 Å². The molecule has 0 aromatic carbocycles. The van der Waals surface area contributed by atoms with Gasteiger partial charge in [-0.05, 0) is 25.3 Å². The SMILES string of the molecule is C=C(C(C)C)C1(C(F)(F)F)CCCNC1. The Hall–Kier alpha value is -0.510. The molecule has 1 N–H and O–H groups in total. The number of alkyl halides is 3. The molecule has 1 unspecified atom stereocenters. The highest BCUT2D eigenvalue weighted by Gasteiger charge is 2.56. The molecule has 0 aromatic rings. The molecule has 0 aromatic heterocycles. The molecule has 0 amide bonds. The van der Waals surface area contributed by atoms with Crippen molar-refractivity contribution in [1.82, 2.24) is 5.32 Å². The third kappa shape index (κ3) is 2.19. The fourth-order valence-electron chi connectivity index (χ4n) is 2.16. The predicted molar refractivity (Wildman–Crippen MR) is 54.6 cm³/mol. The maximum absolute atomic E-state index is 13.1. The van der Waals surface area contributed by atoms with E-state index in [1.807, 2.05) is 0 Å². The molecule has 1 aliphatic heterocycles. The van der Waals surface area contributed by atoms with Crippen LogP contribution in [0.3, 0.4) is 0 Å². The molecule has 1 rings (SSSR count). The summed E-state index contributed by atoms with van der Waals surface area (Å²) < 4.78 is 39.3. The maximum atomic E-state index is 13.1. The first-order valence-corrected chi connectivity index (χ1v) is 5.28. The minimum Gasteiger partial charge on any atom is -0.316 e. The lowest BCUT2D eigenvalue weighted by molar-refractivity contribution is -0.216. The topological polar surface area (TPSA) is 12.0 Å². The van der Waals surface area contributed by atoms with Gasteiger partial charge in [0.25, 0.3) is 0 Å². The van der Waals surface area contributed by atoms with Crippen LogP contribution in [0.25, 0.3) is 0 Å². The van der Waals surface area contributed by atoms with Crippen LogP contribution < -0.4 is 5.32 Å². The molecule has 0 spiro atoms. The zero-order valence-electron chi connectivity index (χ0n) is 9.25. The zero-order valence-corrected chi connectivity index (χ0v) is 9.25. The van der Waals surface area contributed by atoms with Crippen LogP contribution in [-0.2, 0) is 0 Å². The maximum Gasteiger partial charge on any atom is 0.399 e. The molecule has 1 atom stereocenters. The van der Waals surface area contributed by atoms with Gasteiger partial charge in [-0.2, -0.15) is 13.2 Å². The van der Waals surface area contributed by atoms with Gasteiger partial charge >= 0.3 is 6.18 Å². The first-order chi connectivity index (χ1) is 6.81. The molecule has 0 radical (unpaired) electrons. The van der Waals surface area contributed by atoms with Crippen LogP contribution in [-0.4, -0.2) is 19.3 Å². The molecule has 1 saturated heterocycles. The van der Waals surface area contributed by atoms with Crippen LogP contribution in [0.15, 0.2) is 12.2 Å². The summed E-state index contributed by atoms with van der Waals surface area (Å²) in [5.41, 5.74) is -1.40. The van der Waals surface area contributed by atoms with Crippen molar-refractivity contribution in [2.75, 3.05) is 13.1 Å². The van der Waals surface area contributed by atoms with Gasteiger partial charge in [-0.3, -0.25) is 0 Å². The van der Waals surface area contributed by atoms with Gasteiger partial charge in [0, 0.05) is 6.54 Å². The van der Waals surface area contributed by atoms with E-state index >= 15 is 0 Å². The third-order valence-corrected chi connectivity index (χ3v) is 3.24. The average Bonchev–Trinajstić information content (AvgIpc) is 2.16. The van der Waals surface area contributed by atoms with E-state index in [0.29, 0.717) is 18.5 Å². The highest BCUT2D eigenvalue weighted by atomic mass is 19.4. The Balaban J connectivity index is 3.00. The number of rotatable bonds is 2. The first-order valence-electron chi connectivity index (χ1n) is 5.28. The van der Waals surface area contributed by atoms with Gasteiger partial charge in [0.2, 0.25) is 0 Å². The monoisotopic (exact) mass is 221 g/mol. The second-order valence-corrected chi connectivity index (χ2v) is 4.54. The Morgan fingerprint density at radius 2 is 2.00 bits per heavy atom. The number of piperidine rings is 1.